The summed E-state index contributed by atoms with van der Waals surface area (Å²) in [6.45, 7) is 2.21. The molecule has 0 saturated carbocycles. The fourth-order valence-electron chi connectivity index (χ4n) is 3.07. The van der Waals surface area contributed by atoms with Gasteiger partial charge in [0, 0.05) is 50.4 Å². The first-order valence-electron chi connectivity index (χ1n) is 8.77. The number of benzene rings is 1. The van der Waals surface area contributed by atoms with E-state index >= 15 is 0 Å². The second kappa shape index (κ2) is 8.40. The van der Waals surface area contributed by atoms with Gasteiger partial charge in [0.15, 0.2) is 0 Å². The van der Waals surface area contributed by atoms with Crippen LogP contribution in [-0.4, -0.2) is 57.3 Å². The number of aromatic nitrogens is 2. The molecule has 138 valence electrons. The van der Waals surface area contributed by atoms with E-state index in [9.17, 15) is 9.59 Å². The average molecular weight is 372 g/mol. The second-order valence-electron chi connectivity index (χ2n) is 6.56. The normalized spacial score (nSPS) is 13.8. The monoisotopic (exact) mass is 372 g/mol. The molecule has 1 aromatic heterocycles. The Morgan fingerprint density at radius 2 is 1.96 bits per heavy atom. The molecule has 0 N–H and O–H groups in total. The molecule has 1 aliphatic rings. The number of hydrogen-bond acceptors (Lipinski definition) is 4. The third-order valence-corrected chi connectivity index (χ3v) is 5.51. The van der Waals surface area contributed by atoms with Crippen LogP contribution in [0.25, 0.3) is 0 Å². The summed E-state index contributed by atoms with van der Waals surface area (Å²) in [7, 11) is 3.64. The first-order valence-corrected chi connectivity index (χ1v) is 9.76. The molecule has 3 rings (SSSR count). The van der Waals surface area contributed by atoms with E-state index in [1.54, 1.807) is 22.8 Å². The van der Waals surface area contributed by atoms with Crippen molar-refractivity contribution in [1.82, 2.24) is 19.6 Å². The third kappa shape index (κ3) is 4.46. The number of carbonyl (C=O) groups excluding carboxylic acids is 2. The van der Waals surface area contributed by atoms with Crippen LogP contribution in [0.4, 0.5) is 0 Å². The molecule has 1 aromatic carbocycles. The Labute approximate surface area is 158 Å². The number of carbonyl (C=O) groups is 2. The molecule has 1 fully saturated rings. The summed E-state index contributed by atoms with van der Waals surface area (Å²) >= 11 is 1.44. The summed E-state index contributed by atoms with van der Waals surface area (Å²) < 4.78 is 1.72. The topological polar surface area (TPSA) is 58.4 Å². The maximum Gasteiger partial charge on any atom is 0.255 e. The van der Waals surface area contributed by atoms with Gasteiger partial charge < -0.3 is 9.80 Å². The maximum absolute atomic E-state index is 12.9. The summed E-state index contributed by atoms with van der Waals surface area (Å²) in [6, 6.07) is 7.50. The van der Waals surface area contributed by atoms with Crippen molar-refractivity contribution < 1.29 is 9.59 Å². The van der Waals surface area contributed by atoms with E-state index in [-0.39, 0.29) is 11.8 Å². The predicted molar refractivity (Wildman–Crippen MR) is 102 cm³/mol. The number of thioether (sulfide) groups is 1. The fourth-order valence-corrected chi connectivity index (χ4v) is 4.02. The van der Waals surface area contributed by atoms with Crippen LogP contribution in [0, 0.1) is 0 Å². The van der Waals surface area contributed by atoms with Crippen LogP contribution in [0.15, 0.2) is 41.6 Å². The summed E-state index contributed by atoms with van der Waals surface area (Å²) in [4.78, 5) is 29.6. The van der Waals surface area contributed by atoms with Gasteiger partial charge in [0.2, 0.25) is 5.91 Å². The quantitative estimate of drug-likeness (QED) is 0.731. The van der Waals surface area contributed by atoms with Crippen LogP contribution in [0.1, 0.15) is 28.8 Å². The van der Waals surface area contributed by atoms with Gasteiger partial charge in [0.1, 0.15) is 0 Å². The van der Waals surface area contributed by atoms with Gasteiger partial charge in [-0.15, -0.1) is 11.8 Å². The number of aryl methyl sites for hydroxylation is 1. The minimum absolute atomic E-state index is 0.0504. The van der Waals surface area contributed by atoms with Gasteiger partial charge in [-0.1, -0.05) is 12.1 Å². The Kier molecular flexibility index (Phi) is 5.98. The molecule has 2 aromatic rings. The minimum atomic E-state index is -0.0504. The van der Waals surface area contributed by atoms with Gasteiger partial charge in [0.05, 0.1) is 17.5 Å². The highest BCUT2D eigenvalue weighted by molar-refractivity contribution is 8.00. The highest BCUT2D eigenvalue weighted by Crippen LogP contribution is 2.25. The molecular formula is C19H24N4O2S. The average Bonchev–Trinajstić information content (AvgIpc) is 3.31. The molecule has 2 amide bonds. The first-order chi connectivity index (χ1) is 12.5. The molecule has 0 aliphatic carbocycles. The van der Waals surface area contributed by atoms with Gasteiger partial charge >= 0.3 is 0 Å². The highest BCUT2D eigenvalue weighted by Gasteiger charge is 2.20. The van der Waals surface area contributed by atoms with Crippen LogP contribution in [0.3, 0.4) is 0 Å². The first kappa shape index (κ1) is 18.5. The molecular weight excluding hydrogens is 348 g/mol. The standard InChI is InChI=1S/C19H24N4O2S/c1-21(12-15-11-20-22(2)13-15)19(25)16-7-3-4-8-17(16)26-14-18(24)23-9-5-6-10-23/h3-4,7-8,11,13H,5-6,9-10,12,14H2,1-2H3. The maximum atomic E-state index is 12.9. The van der Waals surface area contributed by atoms with Gasteiger partial charge in [0.25, 0.3) is 5.91 Å². The molecule has 26 heavy (non-hydrogen) atoms. The molecule has 2 heterocycles. The zero-order chi connectivity index (χ0) is 18.5. The van der Waals surface area contributed by atoms with E-state index in [2.05, 4.69) is 5.10 Å². The van der Waals surface area contributed by atoms with Gasteiger partial charge in [-0.2, -0.15) is 5.10 Å². The Bertz CT molecular complexity index is 783. The number of amides is 2. The Morgan fingerprint density at radius 1 is 1.23 bits per heavy atom. The molecule has 0 spiro atoms. The van der Waals surface area contributed by atoms with E-state index in [0.717, 1.165) is 36.4 Å². The van der Waals surface area contributed by atoms with Crippen molar-refractivity contribution in [3.8, 4) is 0 Å². The van der Waals surface area contributed by atoms with Crippen LogP contribution in [-0.2, 0) is 18.4 Å². The van der Waals surface area contributed by atoms with Gasteiger partial charge in [-0.25, -0.2) is 0 Å². The Hall–Kier alpha value is -2.28. The van der Waals surface area contributed by atoms with Crippen molar-refractivity contribution in [3.05, 3.63) is 47.8 Å². The third-order valence-electron chi connectivity index (χ3n) is 4.45. The van der Waals surface area contributed by atoms with E-state index in [4.69, 9.17) is 0 Å². The molecule has 0 radical (unpaired) electrons. The smallest absolute Gasteiger partial charge is 0.255 e. The molecule has 0 atom stereocenters. The lowest BCUT2D eigenvalue weighted by molar-refractivity contribution is -0.127. The van der Waals surface area contributed by atoms with Crippen LogP contribution >= 0.6 is 11.8 Å². The predicted octanol–water partition coefficient (Wildman–Crippen LogP) is 2.41. The minimum Gasteiger partial charge on any atom is -0.342 e. The van der Waals surface area contributed by atoms with Crippen LogP contribution in [0.5, 0.6) is 0 Å². The Balaban J connectivity index is 1.65. The molecule has 1 aliphatic heterocycles. The number of rotatable bonds is 6. The lowest BCUT2D eigenvalue weighted by atomic mass is 10.2. The summed E-state index contributed by atoms with van der Waals surface area (Å²) in [5, 5.41) is 4.14. The highest BCUT2D eigenvalue weighted by atomic mass is 32.2. The van der Waals surface area contributed by atoms with E-state index in [1.807, 2.05) is 42.4 Å². The van der Waals surface area contributed by atoms with Crippen molar-refractivity contribution in [2.24, 2.45) is 7.05 Å². The van der Waals surface area contributed by atoms with Crippen molar-refractivity contribution >= 4 is 23.6 Å². The van der Waals surface area contributed by atoms with E-state index < -0.39 is 0 Å². The zero-order valence-electron chi connectivity index (χ0n) is 15.2. The zero-order valence-corrected chi connectivity index (χ0v) is 16.0. The largest absolute Gasteiger partial charge is 0.342 e. The second-order valence-corrected chi connectivity index (χ2v) is 7.57. The van der Waals surface area contributed by atoms with Crippen LogP contribution in [0.2, 0.25) is 0 Å². The van der Waals surface area contributed by atoms with Crippen molar-refractivity contribution in [2.45, 2.75) is 24.3 Å². The van der Waals surface area contributed by atoms with Crippen molar-refractivity contribution in [3.63, 3.8) is 0 Å². The number of likely N-dealkylation sites (tertiary alicyclic amines) is 1. The fraction of sp³-hybridized carbons (Fsp3) is 0.421. The van der Waals surface area contributed by atoms with E-state index in [1.165, 1.54) is 11.8 Å². The van der Waals surface area contributed by atoms with Gasteiger partial charge in [-0.05, 0) is 25.0 Å². The summed E-state index contributed by atoms with van der Waals surface area (Å²) in [5.41, 5.74) is 1.62. The molecule has 0 unspecified atom stereocenters. The molecule has 7 heteroatoms. The molecule has 0 bridgehead atoms. The lowest BCUT2D eigenvalue weighted by Gasteiger charge is -2.19. The summed E-state index contributed by atoms with van der Waals surface area (Å²) in [6.07, 6.45) is 5.84. The van der Waals surface area contributed by atoms with E-state index in [0.29, 0.717) is 17.9 Å². The van der Waals surface area contributed by atoms with Gasteiger partial charge in [-0.3, -0.25) is 14.3 Å². The Morgan fingerprint density at radius 3 is 2.65 bits per heavy atom. The molecule has 1 saturated heterocycles. The van der Waals surface area contributed by atoms with Crippen LogP contribution < -0.4 is 0 Å². The SMILES string of the molecule is CN(Cc1cnn(C)c1)C(=O)c1ccccc1SCC(=O)N1CCCC1. The number of hydrogen-bond donors (Lipinski definition) is 0. The van der Waals surface area contributed by atoms with Crippen molar-refractivity contribution in [1.29, 1.82) is 0 Å². The molecule has 6 nitrogen and oxygen atoms in total. The summed E-state index contributed by atoms with van der Waals surface area (Å²) in [5.74, 6) is 0.473. The van der Waals surface area contributed by atoms with Crippen molar-refractivity contribution in [2.75, 3.05) is 25.9 Å². The lowest BCUT2D eigenvalue weighted by Crippen LogP contribution is -2.29. The number of nitrogens with zero attached hydrogens (tertiary/aromatic N) is 4.